The van der Waals surface area contributed by atoms with Crippen LogP contribution in [0.15, 0.2) is 24.3 Å². The van der Waals surface area contributed by atoms with E-state index in [1.54, 1.807) is 12.2 Å². The standard InChI is InChI=1S/C5H6O.CH3.2ClH.V/c6-5-3-1-2-4-5;;;;/h1-6H;1H3;2*1H;/q;-1;;;+2/p-2. The number of rotatable bonds is 0. The molecule has 1 rings (SSSR count). The topological polar surface area (TPSA) is 20.2 Å². The largest absolute Gasteiger partial charge is 2.00 e. The molecule has 0 atom stereocenters. The first-order chi connectivity index (χ1) is 2.89. The number of allylic oxidation sites excluding steroid dienone is 2. The summed E-state index contributed by atoms with van der Waals surface area (Å²) in [7, 11) is 0. The molecule has 0 saturated carbocycles. The van der Waals surface area contributed by atoms with Crippen molar-refractivity contribution in [2.24, 2.45) is 0 Å². The van der Waals surface area contributed by atoms with Gasteiger partial charge in [-0.1, -0.05) is 24.3 Å². The summed E-state index contributed by atoms with van der Waals surface area (Å²) in [6, 6.07) is 0. The van der Waals surface area contributed by atoms with Crippen molar-refractivity contribution >= 4 is 0 Å². The molecule has 1 radical (unpaired) electrons. The molecule has 0 aromatic rings. The Balaban J connectivity index is -0.0000000450. The summed E-state index contributed by atoms with van der Waals surface area (Å²) in [5.41, 5.74) is 0. The van der Waals surface area contributed by atoms with Crippen LogP contribution in [0, 0.1) is 7.43 Å². The van der Waals surface area contributed by atoms with Gasteiger partial charge in [-0.05, 0) is 0 Å². The monoisotopic (exact) mass is 218 g/mol. The Hall–Kier alpha value is 0.604. The molecular formula is C6H9Cl2OV-. The molecule has 0 spiro atoms. The summed E-state index contributed by atoms with van der Waals surface area (Å²) in [6.07, 6.45) is 6.78. The SMILES string of the molecule is OC1C=CC=C1.[CH3-].[Cl-].[Cl-].[V+2]. The van der Waals surface area contributed by atoms with Gasteiger partial charge in [-0.15, -0.1) is 0 Å². The van der Waals surface area contributed by atoms with E-state index in [2.05, 4.69) is 0 Å². The zero-order valence-electron chi connectivity index (χ0n) is 5.54. The molecule has 0 bridgehead atoms. The number of halogens is 2. The fraction of sp³-hybridized carbons (Fsp3) is 0.167. The van der Waals surface area contributed by atoms with Crippen LogP contribution in [0.5, 0.6) is 0 Å². The van der Waals surface area contributed by atoms with Gasteiger partial charge in [-0.3, -0.25) is 0 Å². The second kappa shape index (κ2) is 12.3. The van der Waals surface area contributed by atoms with Gasteiger partial charge in [-0.2, -0.15) is 0 Å². The van der Waals surface area contributed by atoms with Gasteiger partial charge in [0.15, 0.2) is 0 Å². The van der Waals surface area contributed by atoms with Crippen LogP contribution in [-0.2, 0) is 18.6 Å². The molecule has 0 heterocycles. The Kier molecular flexibility index (Phi) is 27.6. The Bertz CT molecular complexity index is 91.9. The predicted molar refractivity (Wildman–Crippen MR) is 30.7 cm³/mol. The normalized spacial score (nSPS) is 12.1. The predicted octanol–water partition coefficient (Wildman–Crippen LogP) is -5.07. The van der Waals surface area contributed by atoms with Crippen molar-refractivity contribution in [2.75, 3.05) is 0 Å². The van der Waals surface area contributed by atoms with Crippen LogP contribution in [0.3, 0.4) is 0 Å². The first-order valence-corrected chi connectivity index (χ1v) is 1.92. The summed E-state index contributed by atoms with van der Waals surface area (Å²) in [4.78, 5) is 0. The zero-order valence-corrected chi connectivity index (χ0v) is 8.45. The Morgan fingerprint density at radius 1 is 1.00 bits per heavy atom. The zero-order chi connectivity index (χ0) is 4.41. The molecule has 1 nitrogen and oxygen atoms in total. The van der Waals surface area contributed by atoms with Gasteiger partial charge in [0.2, 0.25) is 0 Å². The van der Waals surface area contributed by atoms with Gasteiger partial charge in [0.25, 0.3) is 0 Å². The molecule has 0 unspecified atom stereocenters. The van der Waals surface area contributed by atoms with Gasteiger partial charge in [-0.25, -0.2) is 0 Å². The van der Waals surface area contributed by atoms with E-state index in [1.807, 2.05) is 12.2 Å². The molecule has 0 amide bonds. The van der Waals surface area contributed by atoms with Gasteiger partial charge in [0.05, 0.1) is 6.10 Å². The average Bonchev–Trinajstić information content (AvgIpc) is 1.86. The van der Waals surface area contributed by atoms with Crippen molar-refractivity contribution in [1.29, 1.82) is 0 Å². The summed E-state index contributed by atoms with van der Waals surface area (Å²) >= 11 is 0. The Morgan fingerprint density at radius 3 is 1.40 bits per heavy atom. The van der Waals surface area contributed by atoms with Crippen molar-refractivity contribution in [3.05, 3.63) is 31.7 Å². The van der Waals surface area contributed by atoms with Crippen molar-refractivity contribution in [2.45, 2.75) is 6.10 Å². The number of aliphatic hydroxyl groups is 1. The van der Waals surface area contributed by atoms with E-state index in [-0.39, 0.29) is 56.9 Å². The number of hydrogen-bond acceptors (Lipinski definition) is 1. The third kappa shape index (κ3) is 8.60. The molecule has 0 aliphatic heterocycles. The third-order valence-corrected chi connectivity index (χ3v) is 0.728. The molecule has 0 aromatic heterocycles. The van der Waals surface area contributed by atoms with E-state index in [4.69, 9.17) is 5.11 Å². The maximum absolute atomic E-state index is 8.56. The molecule has 1 aliphatic carbocycles. The van der Waals surface area contributed by atoms with Crippen LogP contribution >= 0.6 is 0 Å². The van der Waals surface area contributed by atoms with E-state index in [0.717, 1.165) is 0 Å². The Labute approximate surface area is 86.3 Å². The molecule has 0 aromatic carbocycles. The van der Waals surface area contributed by atoms with Crippen LogP contribution in [0.2, 0.25) is 0 Å². The van der Waals surface area contributed by atoms with Gasteiger partial charge in [0.1, 0.15) is 0 Å². The maximum atomic E-state index is 8.56. The fourth-order valence-electron chi connectivity index (χ4n) is 0.420. The maximum Gasteiger partial charge on any atom is 2.00 e. The molecule has 1 aliphatic rings. The van der Waals surface area contributed by atoms with E-state index in [1.165, 1.54) is 0 Å². The molecule has 10 heavy (non-hydrogen) atoms. The first kappa shape index (κ1) is 22.4. The van der Waals surface area contributed by atoms with Crippen LogP contribution in [-0.4, -0.2) is 11.2 Å². The third-order valence-electron chi connectivity index (χ3n) is 0.728. The Morgan fingerprint density at radius 2 is 1.30 bits per heavy atom. The van der Waals surface area contributed by atoms with Crippen LogP contribution in [0.4, 0.5) is 0 Å². The summed E-state index contributed by atoms with van der Waals surface area (Å²) in [5.74, 6) is 0. The average molecular weight is 219 g/mol. The molecule has 0 fully saturated rings. The number of hydrogen-bond donors (Lipinski definition) is 1. The summed E-state index contributed by atoms with van der Waals surface area (Å²) < 4.78 is 0. The van der Waals surface area contributed by atoms with E-state index in [9.17, 15) is 0 Å². The fourth-order valence-corrected chi connectivity index (χ4v) is 0.420. The minimum atomic E-state index is -0.315. The molecule has 1 N–H and O–H groups in total. The van der Waals surface area contributed by atoms with Gasteiger partial charge < -0.3 is 37.3 Å². The summed E-state index contributed by atoms with van der Waals surface area (Å²) in [5, 5.41) is 8.56. The van der Waals surface area contributed by atoms with E-state index in [0.29, 0.717) is 0 Å². The van der Waals surface area contributed by atoms with Crippen molar-refractivity contribution in [3.8, 4) is 0 Å². The smallest absolute Gasteiger partial charge is 1.00 e. The van der Waals surface area contributed by atoms with E-state index >= 15 is 0 Å². The minimum Gasteiger partial charge on any atom is -1.00 e. The van der Waals surface area contributed by atoms with Gasteiger partial charge >= 0.3 is 18.6 Å². The first-order valence-electron chi connectivity index (χ1n) is 1.92. The second-order valence-corrected chi connectivity index (χ2v) is 1.26. The molecule has 0 saturated heterocycles. The van der Waals surface area contributed by atoms with Crippen LogP contribution in [0.1, 0.15) is 0 Å². The molecular weight excluding hydrogens is 210 g/mol. The van der Waals surface area contributed by atoms with Crippen LogP contribution < -0.4 is 24.8 Å². The van der Waals surface area contributed by atoms with Gasteiger partial charge in [0, 0.05) is 0 Å². The van der Waals surface area contributed by atoms with E-state index < -0.39 is 0 Å². The minimum absolute atomic E-state index is 0. The van der Waals surface area contributed by atoms with Crippen molar-refractivity contribution < 1.29 is 48.5 Å². The molecule has 59 valence electrons. The van der Waals surface area contributed by atoms with Crippen LogP contribution in [0.25, 0.3) is 0 Å². The van der Waals surface area contributed by atoms with Crippen molar-refractivity contribution in [1.82, 2.24) is 0 Å². The second-order valence-electron chi connectivity index (χ2n) is 1.26. The quantitative estimate of drug-likeness (QED) is 0.404. The molecule has 4 heteroatoms. The summed E-state index contributed by atoms with van der Waals surface area (Å²) in [6.45, 7) is 0. The number of aliphatic hydroxyl groups excluding tert-OH is 1. The van der Waals surface area contributed by atoms with Crippen molar-refractivity contribution in [3.63, 3.8) is 0 Å².